The van der Waals surface area contributed by atoms with Crippen LogP contribution in [-0.4, -0.2) is 6.54 Å². The zero-order valence-electron chi connectivity index (χ0n) is 11.7. The molecule has 0 fully saturated rings. The first-order chi connectivity index (χ1) is 9.31. The van der Waals surface area contributed by atoms with Gasteiger partial charge in [-0.3, -0.25) is 0 Å². The Hall–Kier alpha value is -1.35. The van der Waals surface area contributed by atoms with Crippen molar-refractivity contribution in [3.8, 4) is 11.1 Å². The Morgan fingerprint density at radius 3 is 2.00 bits per heavy atom. The lowest BCUT2D eigenvalue weighted by Crippen LogP contribution is -2.10. The minimum absolute atomic E-state index is 0. The predicted molar refractivity (Wildman–Crippen MR) is 89.0 cm³/mol. The summed E-state index contributed by atoms with van der Waals surface area (Å²) in [6, 6.07) is 19.1. The van der Waals surface area contributed by atoms with Gasteiger partial charge in [0.25, 0.3) is 0 Å². The quantitative estimate of drug-likeness (QED) is 0.793. The van der Waals surface area contributed by atoms with Crippen molar-refractivity contribution in [3.63, 3.8) is 0 Å². The standard InChI is InChI=1S/C17H22N2.ClH/c18-13-5-4-8-17(19)16-11-9-15(10-12-16)14-6-2-1-3-7-14;/h1-3,6-7,9-12,17H,4-5,8,13,18-19H2;1H/t17-;/m1./s1. The van der Waals surface area contributed by atoms with E-state index in [1.165, 1.54) is 16.7 Å². The Kier molecular flexibility index (Phi) is 7.31. The maximum Gasteiger partial charge on any atom is 0.0294 e. The lowest BCUT2D eigenvalue weighted by Gasteiger charge is -2.12. The summed E-state index contributed by atoms with van der Waals surface area (Å²) in [5.41, 5.74) is 15.4. The smallest absolute Gasteiger partial charge is 0.0294 e. The minimum atomic E-state index is 0. The maximum atomic E-state index is 6.18. The van der Waals surface area contributed by atoms with Crippen molar-refractivity contribution in [3.05, 3.63) is 60.2 Å². The van der Waals surface area contributed by atoms with E-state index in [0.717, 1.165) is 25.8 Å². The Balaban J connectivity index is 0.00000200. The molecule has 20 heavy (non-hydrogen) atoms. The third-order valence-corrected chi connectivity index (χ3v) is 3.42. The lowest BCUT2D eigenvalue weighted by molar-refractivity contribution is 0.591. The van der Waals surface area contributed by atoms with Crippen LogP contribution in [0.1, 0.15) is 30.9 Å². The second-order valence-electron chi connectivity index (χ2n) is 4.88. The van der Waals surface area contributed by atoms with E-state index >= 15 is 0 Å². The third kappa shape index (κ3) is 4.64. The molecule has 4 N–H and O–H groups in total. The molecule has 0 radical (unpaired) electrons. The molecule has 0 unspecified atom stereocenters. The van der Waals surface area contributed by atoms with Crippen molar-refractivity contribution in [2.24, 2.45) is 11.5 Å². The maximum absolute atomic E-state index is 6.18. The molecule has 2 aromatic rings. The van der Waals surface area contributed by atoms with Crippen molar-refractivity contribution < 1.29 is 0 Å². The van der Waals surface area contributed by atoms with E-state index in [0.29, 0.717) is 0 Å². The molecule has 2 rings (SSSR count). The fourth-order valence-corrected chi connectivity index (χ4v) is 2.23. The lowest BCUT2D eigenvalue weighted by atomic mass is 9.98. The first kappa shape index (κ1) is 16.7. The van der Waals surface area contributed by atoms with Gasteiger partial charge in [0.2, 0.25) is 0 Å². The highest BCUT2D eigenvalue weighted by Gasteiger charge is 2.05. The normalized spacial score (nSPS) is 11.7. The molecule has 0 spiro atoms. The van der Waals surface area contributed by atoms with Crippen molar-refractivity contribution in [2.45, 2.75) is 25.3 Å². The summed E-state index contributed by atoms with van der Waals surface area (Å²) < 4.78 is 0. The van der Waals surface area contributed by atoms with Crippen LogP contribution >= 0.6 is 12.4 Å². The van der Waals surface area contributed by atoms with Crippen LogP contribution in [-0.2, 0) is 0 Å². The van der Waals surface area contributed by atoms with Crippen LogP contribution < -0.4 is 11.5 Å². The van der Waals surface area contributed by atoms with Crippen molar-refractivity contribution in [1.29, 1.82) is 0 Å². The van der Waals surface area contributed by atoms with Gasteiger partial charge in [-0.05, 0) is 36.1 Å². The Labute approximate surface area is 127 Å². The average Bonchev–Trinajstić information content (AvgIpc) is 2.48. The molecule has 0 heterocycles. The molecule has 3 heteroatoms. The molecule has 0 amide bonds. The zero-order valence-corrected chi connectivity index (χ0v) is 12.5. The monoisotopic (exact) mass is 290 g/mol. The Bertz CT molecular complexity index is 482. The van der Waals surface area contributed by atoms with Gasteiger partial charge in [-0.2, -0.15) is 0 Å². The highest BCUT2D eigenvalue weighted by atomic mass is 35.5. The summed E-state index contributed by atoms with van der Waals surface area (Å²) in [5.74, 6) is 0. The van der Waals surface area contributed by atoms with Gasteiger partial charge in [0, 0.05) is 6.04 Å². The third-order valence-electron chi connectivity index (χ3n) is 3.42. The van der Waals surface area contributed by atoms with Gasteiger partial charge in [-0.15, -0.1) is 12.4 Å². The Morgan fingerprint density at radius 2 is 1.40 bits per heavy atom. The molecule has 0 aliphatic carbocycles. The fraction of sp³-hybridized carbons (Fsp3) is 0.294. The molecule has 108 valence electrons. The van der Waals surface area contributed by atoms with E-state index in [1.807, 2.05) is 6.07 Å². The summed E-state index contributed by atoms with van der Waals surface area (Å²) in [4.78, 5) is 0. The van der Waals surface area contributed by atoms with Crippen LogP contribution in [0.25, 0.3) is 11.1 Å². The number of unbranched alkanes of at least 4 members (excludes halogenated alkanes) is 1. The topological polar surface area (TPSA) is 52.0 Å². The summed E-state index contributed by atoms with van der Waals surface area (Å²) in [5, 5.41) is 0. The predicted octanol–water partition coefficient (Wildman–Crippen LogP) is 3.90. The van der Waals surface area contributed by atoms with Crippen LogP contribution in [0.4, 0.5) is 0 Å². The fourth-order valence-electron chi connectivity index (χ4n) is 2.23. The number of benzene rings is 2. The van der Waals surface area contributed by atoms with Crippen LogP contribution in [0.5, 0.6) is 0 Å². The zero-order chi connectivity index (χ0) is 13.5. The van der Waals surface area contributed by atoms with Crippen LogP contribution in [0.2, 0.25) is 0 Å². The molecule has 0 saturated heterocycles. The molecule has 0 aliphatic heterocycles. The number of hydrogen-bond donors (Lipinski definition) is 2. The number of hydrogen-bond acceptors (Lipinski definition) is 2. The van der Waals surface area contributed by atoms with Crippen LogP contribution in [0.3, 0.4) is 0 Å². The molecular formula is C17H23ClN2. The summed E-state index contributed by atoms with van der Waals surface area (Å²) in [6.07, 6.45) is 3.15. The average molecular weight is 291 g/mol. The van der Waals surface area contributed by atoms with E-state index in [-0.39, 0.29) is 18.4 Å². The van der Waals surface area contributed by atoms with Gasteiger partial charge in [-0.1, -0.05) is 61.0 Å². The summed E-state index contributed by atoms with van der Waals surface area (Å²) in [6.45, 7) is 0.750. The van der Waals surface area contributed by atoms with E-state index in [9.17, 15) is 0 Å². The first-order valence-electron chi connectivity index (χ1n) is 6.92. The summed E-state index contributed by atoms with van der Waals surface area (Å²) >= 11 is 0. The second-order valence-corrected chi connectivity index (χ2v) is 4.88. The van der Waals surface area contributed by atoms with Crippen LogP contribution in [0.15, 0.2) is 54.6 Å². The molecule has 0 saturated carbocycles. The van der Waals surface area contributed by atoms with E-state index in [2.05, 4.69) is 48.5 Å². The van der Waals surface area contributed by atoms with Gasteiger partial charge < -0.3 is 11.5 Å². The molecule has 0 bridgehead atoms. The molecule has 2 aromatic carbocycles. The number of rotatable bonds is 6. The van der Waals surface area contributed by atoms with Gasteiger partial charge in [-0.25, -0.2) is 0 Å². The summed E-state index contributed by atoms with van der Waals surface area (Å²) in [7, 11) is 0. The molecule has 1 atom stereocenters. The van der Waals surface area contributed by atoms with Gasteiger partial charge >= 0.3 is 0 Å². The van der Waals surface area contributed by atoms with Gasteiger partial charge in [0.15, 0.2) is 0 Å². The molecule has 2 nitrogen and oxygen atoms in total. The van der Waals surface area contributed by atoms with Gasteiger partial charge in [0.1, 0.15) is 0 Å². The largest absolute Gasteiger partial charge is 0.330 e. The highest BCUT2D eigenvalue weighted by molar-refractivity contribution is 5.85. The second kappa shape index (κ2) is 8.75. The van der Waals surface area contributed by atoms with Gasteiger partial charge in [0.05, 0.1) is 0 Å². The van der Waals surface area contributed by atoms with Crippen LogP contribution in [0, 0.1) is 0 Å². The molecule has 0 aliphatic rings. The van der Waals surface area contributed by atoms with Crippen molar-refractivity contribution in [1.82, 2.24) is 0 Å². The SMILES string of the molecule is Cl.NCCCC[C@@H](N)c1ccc(-c2ccccc2)cc1. The number of nitrogens with two attached hydrogens (primary N) is 2. The Morgan fingerprint density at radius 1 is 0.800 bits per heavy atom. The molecular weight excluding hydrogens is 268 g/mol. The minimum Gasteiger partial charge on any atom is -0.330 e. The highest BCUT2D eigenvalue weighted by Crippen LogP contribution is 2.22. The van der Waals surface area contributed by atoms with Crippen molar-refractivity contribution in [2.75, 3.05) is 6.54 Å². The molecule has 0 aromatic heterocycles. The number of halogens is 1. The van der Waals surface area contributed by atoms with E-state index in [1.54, 1.807) is 0 Å². The van der Waals surface area contributed by atoms with E-state index < -0.39 is 0 Å². The van der Waals surface area contributed by atoms with Crippen molar-refractivity contribution >= 4 is 12.4 Å². The van der Waals surface area contributed by atoms with E-state index in [4.69, 9.17) is 11.5 Å². The first-order valence-corrected chi connectivity index (χ1v) is 6.92.